The Bertz CT molecular complexity index is 1320. The van der Waals surface area contributed by atoms with Gasteiger partial charge in [0.25, 0.3) is 0 Å². The number of allylic oxidation sites excluding steroid dienone is 1. The molecule has 1 aliphatic rings. The highest BCUT2D eigenvalue weighted by atomic mass is 16.5. The maximum absolute atomic E-state index is 9.84. The van der Waals surface area contributed by atoms with E-state index in [0.717, 1.165) is 27.6 Å². The summed E-state index contributed by atoms with van der Waals surface area (Å²) in [6, 6.07) is 31.7. The van der Waals surface area contributed by atoms with Crippen LogP contribution >= 0.6 is 0 Å². The molecule has 4 aromatic carbocycles. The Labute approximate surface area is 174 Å². The molecule has 4 nitrogen and oxygen atoms in total. The van der Waals surface area contributed by atoms with Crippen LogP contribution in [-0.4, -0.2) is 0 Å². The lowest BCUT2D eigenvalue weighted by Crippen LogP contribution is -2.21. The Morgan fingerprint density at radius 2 is 1.60 bits per heavy atom. The summed E-state index contributed by atoms with van der Waals surface area (Å²) in [5.74, 6) is 1.96. The van der Waals surface area contributed by atoms with Crippen LogP contribution in [0.25, 0.3) is 10.8 Å². The van der Waals surface area contributed by atoms with Crippen molar-refractivity contribution in [1.82, 2.24) is 0 Å². The summed E-state index contributed by atoms with van der Waals surface area (Å²) in [4.78, 5) is 0. The van der Waals surface area contributed by atoms with Crippen molar-refractivity contribution in [3.63, 3.8) is 0 Å². The number of hydrogen-bond donors (Lipinski definition) is 1. The molecular formula is C26H18N2O2. The highest BCUT2D eigenvalue weighted by Crippen LogP contribution is 2.45. The van der Waals surface area contributed by atoms with Gasteiger partial charge in [0.05, 0.1) is 5.92 Å². The first kappa shape index (κ1) is 17.8. The van der Waals surface area contributed by atoms with E-state index in [9.17, 15) is 5.26 Å². The zero-order valence-corrected chi connectivity index (χ0v) is 16.1. The molecular weight excluding hydrogens is 372 g/mol. The first-order valence-electron chi connectivity index (χ1n) is 9.66. The van der Waals surface area contributed by atoms with Gasteiger partial charge in [0.2, 0.25) is 5.88 Å². The number of ether oxygens (including phenoxy) is 2. The Morgan fingerprint density at radius 3 is 2.43 bits per heavy atom. The molecule has 0 saturated heterocycles. The molecule has 0 radical (unpaired) electrons. The van der Waals surface area contributed by atoms with Crippen molar-refractivity contribution in [1.29, 1.82) is 5.26 Å². The first-order chi connectivity index (χ1) is 14.7. The van der Waals surface area contributed by atoms with E-state index in [1.165, 1.54) is 0 Å². The molecule has 1 aliphatic heterocycles. The molecule has 0 fully saturated rings. The summed E-state index contributed by atoms with van der Waals surface area (Å²) < 4.78 is 11.9. The van der Waals surface area contributed by atoms with Crippen molar-refractivity contribution in [2.45, 2.75) is 5.92 Å². The molecule has 0 aliphatic carbocycles. The van der Waals surface area contributed by atoms with Gasteiger partial charge in [-0.05, 0) is 35.2 Å². The fourth-order valence-electron chi connectivity index (χ4n) is 3.91. The fraction of sp³-hybridized carbons (Fsp3) is 0.0385. The number of benzene rings is 4. The van der Waals surface area contributed by atoms with Crippen LogP contribution in [0.4, 0.5) is 0 Å². The number of nitriles is 1. The van der Waals surface area contributed by atoms with Gasteiger partial charge >= 0.3 is 0 Å². The normalized spacial score (nSPS) is 15.2. The number of nitrogens with two attached hydrogens (primary N) is 1. The van der Waals surface area contributed by atoms with Crippen molar-refractivity contribution in [2.24, 2.45) is 5.73 Å². The maximum Gasteiger partial charge on any atom is 0.205 e. The van der Waals surface area contributed by atoms with Gasteiger partial charge in [-0.2, -0.15) is 5.26 Å². The van der Waals surface area contributed by atoms with E-state index in [4.69, 9.17) is 15.2 Å². The van der Waals surface area contributed by atoms with Crippen LogP contribution in [0.3, 0.4) is 0 Å². The molecule has 144 valence electrons. The zero-order chi connectivity index (χ0) is 20.5. The monoisotopic (exact) mass is 390 g/mol. The third-order valence-electron chi connectivity index (χ3n) is 5.28. The van der Waals surface area contributed by atoms with Crippen LogP contribution in [0, 0.1) is 11.3 Å². The van der Waals surface area contributed by atoms with E-state index in [2.05, 4.69) is 6.07 Å². The van der Waals surface area contributed by atoms with Crippen LogP contribution in [0.1, 0.15) is 17.0 Å². The van der Waals surface area contributed by atoms with Gasteiger partial charge in [0.1, 0.15) is 28.9 Å². The minimum atomic E-state index is -0.331. The van der Waals surface area contributed by atoms with E-state index in [1.54, 1.807) is 0 Å². The zero-order valence-electron chi connectivity index (χ0n) is 16.1. The Balaban J connectivity index is 1.64. The largest absolute Gasteiger partial charge is 0.457 e. The average molecular weight is 390 g/mol. The second-order valence-corrected chi connectivity index (χ2v) is 7.12. The topological polar surface area (TPSA) is 68.3 Å². The standard InChI is InChI=1S/C26H18N2O2/c27-16-23-24(18-8-6-11-20(15-18)29-19-9-2-1-3-10-19)22-14-13-17-7-4-5-12-21(17)25(22)30-26(23)28/h1-15,24H,28H2/t24-/m1/s1. The molecule has 4 aromatic rings. The number of nitrogens with zero attached hydrogens (tertiary/aromatic N) is 1. The molecule has 0 bridgehead atoms. The van der Waals surface area contributed by atoms with Crippen molar-refractivity contribution >= 4 is 10.8 Å². The lowest BCUT2D eigenvalue weighted by molar-refractivity contribution is 0.398. The quantitative estimate of drug-likeness (QED) is 0.476. The maximum atomic E-state index is 9.84. The molecule has 0 aromatic heterocycles. The first-order valence-corrected chi connectivity index (χ1v) is 9.66. The molecule has 0 unspecified atom stereocenters. The van der Waals surface area contributed by atoms with Gasteiger partial charge in [-0.3, -0.25) is 0 Å². The summed E-state index contributed by atoms with van der Waals surface area (Å²) in [6.45, 7) is 0. The predicted molar refractivity (Wildman–Crippen MR) is 116 cm³/mol. The molecule has 1 heterocycles. The van der Waals surface area contributed by atoms with Crippen LogP contribution < -0.4 is 15.2 Å². The SMILES string of the molecule is N#CC1=C(N)Oc2c(ccc3ccccc23)[C@H]1c1cccc(Oc2ccccc2)c1. The van der Waals surface area contributed by atoms with Gasteiger partial charge in [-0.25, -0.2) is 0 Å². The Hall–Kier alpha value is -4.23. The second kappa shape index (κ2) is 7.31. The highest BCUT2D eigenvalue weighted by Gasteiger charge is 2.31. The van der Waals surface area contributed by atoms with Crippen LogP contribution in [0.5, 0.6) is 17.2 Å². The lowest BCUT2D eigenvalue weighted by Gasteiger charge is -2.27. The minimum Gasteiger partial charge on any atom is -0.457 e. The molecule has 0 amide bonds. The van der Waals surface area contributed by atoms with Gasteiger partial charge < -0.3 is 15.2 Å². The smallest absolute Gasteiger partial charge is 0.205 e. The van der Waals surface area contributed by atoms with Gasteiger partial charge in [0, 0.05) is 10.9 Å². The van der Waals surface area contributed by atoms with E-state index < -0.39 is 0 Å². The van der Waals surface area contributed by atoms with Crippen molar-refractivity contribution in [3.8, 4) is 23.3 Å². The number of hydrogen-bond acceptors (Lipinski definition) is 4. The Kier molecular flexibility index (Phi) is 4.34. The molecule has 30 heavy (non-hydrogen) atoms. The average Bonchev–Trinajstić information content (AvgIpc) is 2.79. The minimum absolute atomic E-state index is 0.140. The van der Waals surface area contributed by atoms with Crippen LogP contribution in [0.2, 0.25) is 0 Å². The van der Waals surface area contributed by atoms with Gasteiger partial charge in [-0.15, -0.1) is 0 Å². The summed E-state index contributed by atoms with van der Waals surface area (Å²) >= 11 is 0. The van der Waals surface area contributed by atoms with Gasteiger partial charge in [-0.1, -0.05) is 66.7 Å². The summed E-state index contributed by atoms with van der Waals surface area (Å²) in [6.07, 6.45) is 0. The van der Waals surface area contributed by atoms with Crippen LogP contribution in [-0.2, 0) is 0 Å². The van der Waals surface area contributed by atoms with Crippen molar-refractivity contribution in [2.75, 3.05) is 0 Å². The van der Waals surface area contributed by atoms with Gasteiger partial charge in [0.15, 0.2) is 0 Å². The summed E-state index contributed by atoms with van der Waals surface area (Å²) in [7, 11) is 0. The molecule has 5 rings (SSSR count). The molecule has 0 saturated carbocycles. The van der Waals surface area contributed by atoms with E-state index in [-0.39, 0.29) is 11.8 Å². The molecule has 2 N–H and O–H groups in total. The molecule has 1 atom stereocenters. The highest BCUT2D eigenvalue weighted by molar-refractivity contribution is 5.90. The van der Waals surface area contributed by atoms with Crippen LogP contribution in [0.15, 0.2) is 102 Å². The second-order valence-electron chi connectivity index (χ2n) is 7.12. The third-order valence-corrected chi connectivity index (χ3v) is 5.28. The van der Waals surface area contributed by atoms with E-state index in [0.29, 0.717) is 17.1 Å². The number of rotatable bonds is 3. The summed E-state index contributed by atoms with van der Waals surface area (Å²) in [5.41, 5.74) is 8.42. The molecule has 4 heteroatoms. The van der Waals surface area contributed by atoms with Crippen molar-refractivity contribution < 1.29 is 9.47 Å². The fourth-order valence-corrected chi connectivity index (χ4v) is 3.91. The molecule has 0 spiro atoms. The third kappa shape index (κ3) is 3.03. The van der Waals surface area contributed by atoms with E-state index >= 15 is 0 Å². The predicted octanol–water partition coefficient (Wildman–Crippen LogP) is 5.85. The summed E-state index contributed by atoms with van der Waals surface area (Å²) in [5, 5.41) is 11.9. The number of fused-ring (bicyclic) bond motifs is 3. The Morgan fingerprint density at radius 1 is 0.833 bits per heavy atom. The van der Waals surface area contributed by atoms with E-state index in [1.807, 2.05) is 91.0 Å². The lowest BCUT2D eigenvalue weighted by atomic mass is 9.82. The van der Waals surface area contributed by atoms with Crippen molar-refractivity contribution in [3.05, 3.63) is 114 Å². The number of para-hydroxylation sites is 1.